The van der Waals surface area contributed by atoms with Gasteiger partial charge in [0, 0.05) is 12.2 Å². The van der Waals surface area contributed by atoms with Crippen molar-refractivity contribution in [2.45, 2.75) is 65.0 Å². The Morgan fingerprint density at radius 1 is 1.24 bits per heavy atom. The third-order valence-corrected chi connectivity index (χ3v) is 5.28. The van der Waals surface area contributed by atoms with Crippen molar-refractivity contribution in [2.24, 2.45) is 29.3 Å². The molecule has 2 fully saturated rings. The first-order valence-electron chi connectivity index (χ1n) is 9.37. The van der Waals surface area contributed by atoms with Crippen LogP contribution in [0.2, 0.25) is 0 Å². The lowest BCUT2D eigenvalue weighted by Gasteiger charge is -2.30. The number of nitrogens with zero attached hydrogens (tertiary/aromatic N) is 1. The molecule has 0 spiro atoms. The van der Waals surface area contributed by atoms with Gasteiger partial charge in [0.25, 0.3) is 5.91 Å². The Morgan fingerprint density at radius 2 is 1.80 bits per heavy atom. The normalized spacial score (nSPS) is 20.1. The first-order valence-corrected chi connectivity index (χ1v) is 9.37. The number of nitrogens with one attached hydrogen (secondary N) is 1. The molecule has 7 heteroatoms. The van der Waals surface area contributed by atoms with Crippen LogP contribution in [-0.4, -0.2) is 35.6 Å². The zero-order valence-corrected chi connectivity index (χ0v) is 15.5. The summed E-state index contributed by atoms with van der Waals surface area (Å²) in [7, 11) is 0. The Hall–Kier alpha value is -1.76. The molecule has 2 saturated carbocycles. The summed E-state index contributed by atoms with van der Waals surface area (Å²) in [6, 6.07) is -0.669. The van der Waals surface area contributed by atoms with Crippen LogP contribution < -0.4 is 16.9 Å². The van der Waals surface area contributed by atoms with Crippen LogP contribution in [0.4, 0.5) is 0 Å². The van der Waals surface area contributed by atoms with Crippen molar-refractivity contribution < 1.29 is 14.3 Å². The first-order chi connectivity index (χ1) is 11.9. The molecule has 0 heterocycles. The number of nitrogens with two attached hydrogens (primary N) is 2. The van der Waals surface area contributed by atoms with E-state index in [0.717, 1.165) is 32.1 Å². The third-order valence-electron chi connectivity index (χ3n) is 5.28. The van der Waals surface area contributed by atoms with Crippen molar-refractivity contribution in [3.8, 4) is 0 Å². The molecule has 7 nitrogen and oxygen atoms in total. The maximum atomic E-state index is 12.8. The minimum atomic E-state index is -0.632. The van der Waals surface area contributed by atoms with Crippen molar-refractivity contribution >= 4 is 11.9 Å². The number of rotatable bonds is 10. The van der Waals surface area contributed by atoms with Crippen LogP contribution in [0, 0.1) is 17.8 Å². The molecule has 0 aromatic rings. The van der Waals surface area contributed by atoms with E-state index >= 15 is 0 Å². The number of hydrogen-bond acceptors (Lipinski definition) is 6. The summed E-state index contributed by atoms with van der Waals surface area (Å²) in [6.07, 6.45) is 6.43. The highest BCUT2D eigenvalue weighted by Crippen LogP contribution is 2.50. The van der Waals surface area contributed by atoms with Gasteiger partial charge >= 0.3 is 5.97 Å². The highest BCUT2D eigenvalue weighted by atomic mass is 16.5. The van der Waals surface area contributed by atoms with Crippen molar-refractivity contribution in [2.75, 3.05) is 6.61 Å². The molecule has 2 atom stereocenters. The van der Waals surface area contributed by atoms with Gasteiger partial charge in [-0.3, -0.25) is 4.79 Å². The molecule has 25 heavy (non-hydrogen) atoms. The Labute approximate surface area is 150 Å². The molecule has 1 amide bonds. The van der Waals surface area contributed by atoms with E-state index in [1.807, 2.05) is 13.8 Å². The van der Waals surface area contributed by atoms with E-state index < -0.39 is 11.9 Å². The standard InChI is InChI=1S/C18H32N4O3/c1-4-11(3)22(20)14(10-19)17(23)21-16(18(24)25-5-2)15(12-6-7-12)13-8-9-13/h10-13,15-16H,4-9,19-20H2,1-3H3,(H,21,23)/b14-10-/t11?,16-/m0/s1. The van der Waals surface area contributed by atoms with E-state index in [2.05, 4.69) is 5.32 Å². The van der Waals surface area contributed by atoms with Gasteiger partial charge in [0.15, 0.2) is 0 Å². The fourth-order valence-electron chi connectivity index (χ4n) is 3.36. The topological polar surface area (TPSA) is 111 Å². The van der Waals surface area contributed by atoms with Gasteiger partial charge in [0.05, 0.1) is 6.61 Å². The lowest BCUT2D eigenvalue weighted by Crippen LogP contribution is -2.52. The smallest absolute Gasteiger partial charge is 0.328 e. The highest BCUT2D eigenvalue weighted by molar-refractivity contribution is 5.95. The average molecular weight is 352 g/mol. The van der Waals surface area contributed by atoms with Crippen LogP contribution in [0.3, 0.4) is 0 Å². The van der Waals surface area contributed by atoms with E-state index in [9.17, 15) is 9.59 Å². The number of amides is 1. The first kappa shape index (κ1) is 19.6. The predicted molar refractivity (Wildman–Crippen MR) is 95.6 cm³/mol. The summed E-state index contributed by atoms with van der Waals surface area (Å²) in [5, 5.41) is 4.23. The van der Waals surface area contributed by atoms with Crippen molar-refractivity contribution in [3.63, 3.8) is 0 Å². The highest BCUT2D eigenvalue weighted by Gasteiger charge is 2.49. The Balaban J connectivity index is 2.14. The number of carbonyl (C=O) groups is 2. The number of hydrazine groups is 1. The van der Waals surface area contributed by atoms with E-state index in [1.54, 1.807) is 6.92 Å². The molecule has 2 aliphatic carbocycles. The fourth-order valence-corrected chi connectivity index (χ4v) is 3.36. The van der Waals surface area contributed by atoms with Crippen LogP contribution in [0.1, 0.15) is 52.9 Å². The van der Waals surface area contributed by atoms with Gasteiger partial charge in [-0.05, 0) is 63.7 Å². The van der Waals surface area contributed by atoms with Crippen LogP contribution >= 0.6 is 0 Å². The van der Waals surface area contributed by atoms with Crippen LogP contribution in [0.15, 0.2) is 11.9 Å². The molecule has 0 radical (unpaired) electrons. The Kier molecular flexibility index (Phi) is 6.70. The zero-order valence-electron chi connectivity index (χ0n) is 15.5. The number of esters is 1. The maximum absolute atomic E-state index is 12.8. The molecule has 0 aliphatic heterocycles. The van der Waals surface area contributed by atoms with Crippen LogP contribution in [0.25, 0.3) is 0 Å². The summed E-state index contributed by atoms with van der Waals surface area (Å²) in [5.41, 5.74) is 5.81. The lowest BCUT2D eigenvalue weighted by atomic mass is 9.89. The van der Waals surface area contributed by atoms with Crippen molar-refractivity contribution in [1.29, 1.82) is 0 Å². The number of ether oxygens (including phenoxy) is 1. The third kappa shape index (κ3) is 4.87. The molecular weight excluding hydrogens is 320 g/mol. The molecule has 5 N–H and O–H groups in total. The molecule has 142 valence electrons. The van der Waals surface area contributed by atoms with Crippen LogP contribution in [0.5, 0.6) is 0 Å². The monoisotopic (exact) mass is 352 g/mol. The van der Waals surface area contributed by atoms with E-state index in [0.29, 0.717) is 18.4 Å². The van der Waals surface area contributed by atoms with Gasteiger partial charge in [-0.15, -0.1) is 0 Å². The lowest BCUT2D eigenvalue weighted by molar-refractivity contribution is -0.149. The number of carbonyl (C=O) groups excluding carboxylic acids is 2. The zero-order chi connectivity index (χ0) is 18.6. The van der Waals surface area contributed by atoms with Gasteiger partial charge in [-0.1, -0.05) is 6.92 Å². The predicted octanol–water partition coefficient (Wildman–Crippen LogP) is 1.24. The van der Waals surface area contributed by atoms with Crippen molar-refractivity contribution in [3.05, 3.63) is 11.9 Å². The SMILES string of the molecule is CCOC(=O)[C@@H](NC(=O)/C(=C/N)N(N)C(C)CC)C(C1CC1)C1CC1. The molecule has 0 saturated heterocycles. The summed E-state index contributed by atoms with van der Waals surface area (Å²) in [5.74, 6) is 6.39. The van der Waals surface area contributed by atoms with E-state index in [1.165, 1.54) is 11.2 Å². The number of hydrogen-bond donors (Lipinski definition) is 3. The van der Waals surface area contributed by atoms with Gasteiger partial charge in [-0.25, -0.2) is 10.6 Å². The summed E-state index contributed by atoms with van der Waals surface area (Å²) >= 11 is 0. The average Bonchev–Trinajstić information content (AvgIpc) is 3.48. The van der Waals surface area contributed by atoms with Crippen molar-refractivity contribution in [1.82, 2.24) is 10.3 Å². The second-order valence-electron chi connectivity index (χ2n) is 7.17. The minimum Gasteiger partial charge on any atom is -0.464 e. The summed E-state index contributed by atoms with van der Waals surface area (Å²) in [6.45, 7) is 5.96. The molecule has 2 rings (SSSR count). The van der Waals surface area contributed by atoms with Crippen LogP contribution in [-0.2, 0) is 14.3 Å². The van der Waals surface area contributed by atoms with Gasteiger partial charge in [0.2, 0.25) is 0 Å². The second kappa shape index (κ2) is 8.56. The minimum absolute atomic E-state index is 0.0377. The van der Waals surface area contributed by atoms with Gasteiger partial charge in [-0.2, -0.15) is 0 Å². The summed E-state index contributed by atoms with van der Waals surface area (Å²) < 4.78 is 5.24. The molecule has 0 aromatic carbocycles. The second-order valence-corrected chi connectivity index (χ2v) is 7.17. The fraction of sp³-hybridized carbons (Fsp3) is 0.778. The quantitative estimate of drug-likeness (QED) is 0.236. The van der Waals surface area contributed by atoms with Gasteiger partial charge < -0.3 is 20.8 Å². The van der Waals surface area contributed by atoms with E-state index in [-0.39, 0.29) is 23.6 Å². The van der Waals surface area contributed by atoms with E-state index in [4.69, 9.17) is 16.3 Å². The maximum Gasteiger partial charge on any atom is 0.328 e. The molecule has 0 aromatic heterocycles. The summed E-state index contributed by atoms with van der Waals surface area (Å²) in [4.78, 5) is 25.3. The molecule has 2 aliphatic rings. The Bertz CT molecular complexity index is 502. The molecule has 0 bridgehead atoms. The Morgan fingerprint density at radius 3 is 2.20 bits per heavy atom. The molecular formula is C18H32N4O3. The largest absolute Gasteiger partial charge is 0.464 e. The molecule has 1 unspecified atom stereocenters. The van der Waals surface area contributed by atoms with Gasteiger partial charge in [0.1, 0.15) is 11.7 Å².